The van der Waals surface area contributed by atoms with Gasteiger partial charge in [-0.1, -0.05) is 6.07 Å². The van der Waals surface area contributed by atoms with Crippen molar-refractivity contribution in [2.24, 2.45) is 0 Å². The molecule has 1 saturated heterocycles. The van der Waals surface area contributed by atoms with E-state index in [-0.39, 0.29) is 17.3 Å². The predicted molar refractivity (Wildman–Crippen MR) is 67.5 cm³/mol. The van der Waals surface area contributed by atoms with Crippen LogP contribution in [0.4, 0.5) is 10.1 Å². The number of aromatic carboxylic acids is 1. The van der Waals surface area contributed by atoms with Gasteiger partial charge < -0.3 is 15.3 Å². The molecular formula is C13H17FN2O2. The number of hydrogen-bond acceptors (Lipinski definition) is 3. The van der Waals surface area contributed by atoms with E-state index in [1.54, 1.807) is 0 Å². The van der Waals surface area contributed by atoms with E-state index in [1.165, 1.54) is 18.2 Å². The molecule has 4 nitrogen and oxygen atoms in total. The van der Waals surface area contributed by atoms with Crippen molar-refractivity contribution < 1.29 is 14.3 Å². The van der Waals surface area contributed by atoms with Crippen molar-refractivity contribution in [3.63, 3.8) is 0 Å². The summed E-state index contributed by atoms with van der Waals surface area (Å²) in [5, 5.41) is 12.1. The average molecular weight is 252 g/mol. The number of carboxylic acid groups (broad SMARTS) is 1. The Morgan fingerprint density at radius 1 is 1.56 bits per heavy atom. The van der Waals surface area contributed by atoms with Crippen LogP contribution in [0.3, 0.4) is 0 Å². The van der Waals surface area contributed by atoms with Crippen LogP contribution >= 0.6 is 0 Å². The van der Waals surface area contributed by atoms with E-state index < -0.39 is 11.8 Å². The number of para-hydroxylation sites is 1. The van der Waals surface area contributed by atoms with E-state index in [1.807, 2.05) is 7.05 Å². The summed E-state index contributed by atoms with van der Waals surface area (Å²) < 4.78 is 13.7. The van der Waals surface area contributed by atoms with Crippen LogP contribution in [0.2, 0.25) is 0 Å². The third-order valence-electron chi connectivity index (χ3n) is 3.22. The van der Waals surface area contributed by atoms with Gasteiger partial charge in [-0.25, -0.2) is 9.18 Å². The van der Waals surface area contributed by atoms with Crippen LogP contribution in [0.15, 0.2) is 18.2 Å². The zero-order valence-corrected chi connectivity index (χ0v) is 10.3. The quantitative estimate of drug-likeness (QED) is 0.864. The topological polar surface area (TPSA) is 52.6 Å². The van der Waals surface area contributed by atoms with E-state index >= 15 is 0 Å². The van der Waals surface area contributed by atoms with Gasteiger partial charge in [0.1, 0.15) is 5.82 Å². The second kappa shape index (κ2) is 5.35. The average Bonchev–Trinajstić information content (AvgIpc) is 2.31. The summed E-state index contributed by atoms with van der Waals surface area (Å²) in [5.74, 6) is -1.62. The van der Waals surface area contributed by atoms with E-state index in [2.05, 4.69) is 10.2 Å². The maximum atomic E-state index is 13.7. The van der Waals surface area contributed by atoms with Gasteiger partial charge in [0.05, 0.1) is 11.3 Å². The van der Waals surface area contributed by atoms with Gasteiger partial charge in [0.15, 0.2) is 0 Å². The first-order chi connectivity index (χ1) is 8.58. The molecular weight excluding hydrogens is 235 g/mol. The Labute approximate surface area is 105 Å². The van der Waals surface area contributed by atoms with Gasteiger partial charge in [-0.3, -0.25) is 0 Å². The van der Waals surface area contributed by atoms with Gasteiger partial charge in [-0.05, 0) is 38.6 Å². The van der Waals surface area contributed by atoms with Crippen LogP contribution < -0.4 is 5.32 Å². The fraction of sp³-hybridized carbons (Fsp3) is 0.462. The fourth-order valence-corrected chi connectivity index (χ4v) is 2.34. The first-order valence-corrected chi connectivity index (χ1v) is 6.05. The number of nitrogens with zero attached hydrogens (tertiary/aromatic N) is 1. The zero-order chi connectivity index (χ0) is 13.1. The first kappa shape index (κ1) is 12.8. The van der Waals surface area contributed by atoms with Crippen LogP contribution in [0.1, 0.15) is 23.2 Å². The number of nitrogens with one attached hydrogen (secondary N) is 1. The molecule has 1 atom stereocenters. The van der Waals surface area contributed by atoms with Crippen LogP contribution in [0, 0.1) is 5.82 Å². The maximum absolute atomic E-state index is 13.7. The monoisotopic (exact) mass is 252 g/mol. The molecule has 5 heteroatoms. The molecule has 2 N–H and O–H groups in total. The van der Waals surface area contributed by atoms with Crippen LogP contribution in [-0.2, 0) is 0 Å². The summed E-state index contributed by atoms with van der Waals surface area (Å²) in [7, 11) is 2.01. The molecule has 0 aromatic heterocycles. The van der Waals surface area contributed by atoms with E-state index in [0.717, 1.165) is 25.9 Å². The minimum atomic E-state index is -1.11. The Morgan fingerprint density at radius 3 is 3.00 bits per heavy atom. The number of carboxylic acids is 1. The summed E-state index contributed by atoms with van der Waals surface area (Å²) in [6.45, 7) is 1.83. The Morgan fingerprint density at radius 2 is 2.33 bits per heavy atom. The largest absolute Gasteiger partial charge is 0.478 e. The molecule has 1 heterocycles. The van der Waals surface area contributed by atoms with Gasteiger partial charge in [0.25, 0.3) is 0 Å². The van der Waals surface area contributed by atoms with Crippen molar-refractivity contribution in [1.29, 1.82) is 0 Å². The maximum Gasteiger partial charge on any atom is 0.337 e. The third kappa shape index (κ3) is 2.79. The summed E-state index contributed by atoms with van der Waals surface area (Å²) in [5.41, 5.74) is 0.0912. The highest BCUT2D eigenvalue weighted by Crippen LogP contribution is 2.23. The molecule has 1 aromatic rings. The Hall–Kier alpha value is -1.62. The Balaban J connectivity index is 2.20. The highest BCUT2D eigenvalue weighted by molar-refractivity contribution is 5.94. The van der Waals surface area contributed by atoms with Gasteiger partial charge in [0.2, 0.25) is 0 Å². The number of hydrogen-bond donors (Lipinski definition) is 2. The highest BCUT2D eigenvalue weighted by Gasteiger charge is 2.21. The smallest absolute Gasteiger partial charge is 0.337 e. The molecule has 0 radical (unpaired) electrons. The van der Waals surface area contributed by atoms with Crippen LogP contribution in [-0.4, -0.2) is 42.2 Å². The Bertz CT molecular complexity index is 451. The molecule has 0 spiro atoms. The Kier molecular flexibility index (Phi) is 3.81. The third-order valence-corrected chi connectivity index (χ3v) is 3.22. The van der Waals surface area contributed by atoms with Gasteiger partial charge in [0, 0.05) is 12.6 Å². The van der Waals surface area contributed by atoms with E-state index in [4.69, 9.17) is 5.11 Å². The van der Waals surface area contributed by atoms with Crippen LogP contribution in [0.5, 0.6) is 0 Å². The zero-order valence-electron chi connectivity index (χ0n) is 10.3. The molecule has 0 saturated carbocycles. The molecule has 2 rings (SSSR count). The molecule has 1 aromatic carbocycles. The van der Waals surface area contributed by atoms with Crippen LogP contribution in [0.25, 0.3) is 0 Å². The van der Waals surface area contributed by atoms with E-state index in [0.29, 0.717) is 0 Å². The lowest BCUT2D eigenvalue weighted by Gasteiger charge is -2.31. The molecule has 1 aliphatic rings. The van der Waals surface area contributed by atoms with Crippen molar-refractivity contribution >= 4 is 11.7 Å². The normalized spacial score (nSPS) is 20.7. The van der Waals surface area contributed by atoms with E-state index in [9.17, 15) is 9.18 Å². The second-order valence-electron chi connectivity index (χ2n) is 4.71. The lowest BCUT2D eigenvalue weighted by atomic mass is 10.0. The SMILES string of the molecule is CN1CCCC(Nc2c(F)cccc2C(=O)O)C1. The van der Waals surface area contributed by atoms with Crippen molar-refractivity contribution in [2.45, 2.75) is 18.9 Å². The number of piperidine rings is 1. The summed E-state index contributed by atoms with van der Waals surface area (Å²) in [4.78, 5) is 13.2. The molecule has 1 aliphatic heterocycles. The van der Waals surface area contributed by atoms with Gasteiger partial charge >= 0.3 is 5.97 Å². The molecule has 98 valence electrons. The molecule has 0 amide bonds. The molecule has 1 unspecified atom stereocenters. The number of likely N-dealkylation sites (tertiary alicyclic amines) is 1. The minimum absolute atomic E-state index is 0.0109. The predicted octanol–water partition coefficient (Wildman–Crippen LogP) is 2.03. The first-order valence-electron chi connectivity index (χ1n) is 6.05. The molecule has 18 heavy (non-hydrogen) atoms. The summed E-state index contributed by atoms with van der Waals surface area (Å²) in [6.07, 6.45) is 1.96. The molecule has 1 fully saturated rings. The molecule has 0 bridgehead atoms. The second-order valence-corrected chi connectivity index (χ2v) is 4.71. The highest BCUT2D eigenvalue weighted by atomic mass is 19.1. The number of rotatable bonds is 3. The number of likely N-dealkylation sites (N-methyl/N-ethyl adjacent to an activating group) is 1. The molecule has 0 aliphatic carbocycles. The lowest BCUT2D eigenvalue weighted by molar-refractivity contribution is 0.0697. The van der Waals surface area contributed by atoms with Gasteiger partial charge in [-0.2, -0.15) is 0 Å². The number of carbonyl (C=O) groups is 1. The summed E-state index contributed by atoms with van der Waals surface area (Å²) >= 11 is 0. The fourth-order valence-electron chi connectivity index (χ4n) is 2.34. The van der Waals surface area contributed by atoms with Crippen molar-refractivity contribution in [3.8, 4) is 0 Å². The van der Waals surface area contributed by atoms with Gasteiger partial charge in [-0.15, -0.1) is 0 Å². The number of benzene rings is 1. The number of halogens is 1. The standard InChI is InChI=1S/C13H17FN2O2/c1-16-7-3-4-9(8-16)15-12-10(13(17)18)5-2-6-11(12)14/h2,5-6,9,15H,3-4,7-8H2,1H3,(H,17,18). The van der Waals surface area contributed by atoms with Crippen molar-refractivity contribution in [3.05, 3.63) is 29.6 Å². The van der Waals surface area contributed by atoms with Crippen molar-refractivity contribution in [2.75, 3.05) is 25.5 Å². The summed E-state index contributed by atoms with van der Waals surface area (Å²) in [6, 6.07) is 4.21. The lowest BCUT2D eigenvalue weighted by Crippen LogP contribution is -2.40. The number of anilines is 1. The minimum Gasteiger partial charge on any atom is -0.478 e. The van der Waals surface area contributed by atoms with Crippen molar-refractivity contribution in [1.82, 2.24) is 4.90 Å².